The number of halogens is 2. The number of ether oxygens (including phenoxy) is 1. The van der Waals surface area contributed by atoms with E-state index >= 15 is 0 Å². The molecule has 2 fully saturated rings. The van der Waals surface area contributed by atoms with Gasteiger partial charge in [0.15, 0.2) is 0 Å². The topological polar surface area (TPSA) is 57.7 Å². The number of nitrogens with zero attached hydrogens (tertiary/aromatic N) is 3. The highest BCUT2D eigenvalue weighted by Crippen LogP contribution is 2.28. The van der Waals surface area contributed by atoms with Gasteiger partial charge in [-0.1, -0.05) is 23.7 Å². The number of nitrogens with one attached hydrogen (secondary N) is 1. The normalized spacial score (nSPS) is 18.0. The highest BCUT2D eigenvalue weighted by molar-refractivity contribution is 6.33. The SMILES string of the molecule is O=C(c1cnc(N2CCC(Nc3ccccc3F)CC2)c(Cl)c1)N1CCOCC1. The van der Waals surface area contributed by atoms with E-state index in [2.05, 4.69) is 15.2 Å². The fraction of sp³-hybridized carbons (Fsp3) is 0.429. The van der Waals surface area contributed by atoms with Gasteiger partial charge in [-0.25, -0.2) is 9.37 Å². The Hall–Kier alpha value is -2.38. The Bertz CT molecular complexity index is 868. The van der Waals surface area contributed by atoms with Crippen molar-refractivity contribution in [3.63, 3.8) is 0 Å². The van der Waals surface area contributed by atoms with Gasteiger partial charge in [-0.15, -0.1) is 0 Å². The fourth-order valence-corrected chi connectivity index (χ4v) is 4.05. The molecule has 8 heteroatoms. The van der Waals surface area contributed by atoms with Gasteiger partial charge in [-0.05, 0) is 31.0 Å². The lowest BCUT2D eigenvalue weighted by Crippen LogP contribution is -2.41. The van der Waals surface area contributed by atoms with Gasteiger partial charge < -0.3 is 19.9 Å². The molecule has 4 rings (SSSR count). The van der Waals surface area contributed by atoms with Crippen LogP contribution in [-0.4, -0.2) is 61.2 Å². The van der Waals surface area contributed by atoms with Crippen LogP contribution in [0.5, 0.6) is 0 Å². The van der Waals surface area contributed by atoms with E-state index in [4.69, 9.17) is 16.3 Å². The van der Waals surface area contributed by atoms with Gasteiger partial charge in [-0.2, -0.15) is 0 Å². The lowest BCUT2D eigenvalue weighted by Gasteiger charge is -2.34. The average molecular weight is 419 g/mol. The Morgan fingerprint density at radius 3 is 2.59 bits per heavy atom. The van der Waals surface area contributed by atoms with E-state index in [9.17, 15) is 9.18 Å². The predicted octanol–water partition coefficient (Wildman–Crippen LogP) is 3.43. The lowest BCUT2D eigenvalue weighted by atomic mass is 10.0. The summed E-state index contributed by atoms with van der Waals surface area (Å²) in [7, 11) is 0. The van der Waals surface area contributed by atoms with Gasteiger partial charge >= 0.3 is 0 Å². The molecule has 2 aliphatic rings. The number of amides is 1. The molecule has 1 aromatic carbocycles. The Balaban J connectivity index is 1.37. The zero-order valence-corrected chi connectivity index (χ0v) is 16.9. The van der Waals surface area contributed by atoms with Crippen LogP contribution in [0.4, 0.5) is 15.9 Å². The summed E-state index contributed by atoms with van der Waals surface area (Å²) in [5.74, 6) is 0.386. The first-order valence-electron chi connectivity index (χ1n) is 9.90. The highest BCUT2D eigenvalue weighted by atomic mass is 35.5. The molecule has 6 nitrogen and oxygen atoms in total. The van der Waals surface area contributed by atoms with Crippen LogP contribution in [0.25, 0.3) is 0 Å². The van der Waals surface area contributed by atoms with E-state index < -0.39 is 0 Å². The minimum absolute atomic E-state index is 0.0676. The Morgan fingerprint density at radius 2 is 1.90 bits per heavy atom. The molecule has 2 saturated heterocycles. The Kier molecular flexibility index (Phi) is 6.16. The summed E-state index contributed by atoms with van der Waals surface area (Å²) in [5.41, 5.74) is 1.03. The van der Waals surface area contributed by atoms with Crippen molar-refractivity contribution >= 4 is 29.0 Å². The first kappa shape index (κ1) is 19.9. The van der Waals surface area contributed by atoms with Gasteiger partial charge in [0.1, 0.15) is 11.6 Å². The maximum absolute atomic E-state index is 13.8. The summed E-state index contributed by atoms with van der Waals surface area (Å²) in [6.45, 7) is 3.80. The maximum atomic E-state index is 13.8. The van der Waals surface area contributed by atoms with Crippen LogP contribution in [0.2, 0.25) is 5.02 Å². The second-order valence-electron chi connectivity index (χ2n) is 7.32. The molecular formula is C21H24ClFN4O2. The molecule has 1 aromatic heterocycles. The average Bonchev–Trinajstić information content (AvgIpc) is 2.76. The third kappa shape index (κ3) is 4.62. The number of carbonyl (C=O) groups is 1. The number of benzene rings is 1. The summed E-state index contributed by atoms with van der Waals surface area (Å²) < 4.78 is 19.1. The van der Waals surface area contributed by atoms with Crippen LogP contribution in [0.3, 0.4) is 0 Å². The van der Waals surface area contributed by atoms with Gasteiger partial charge in [0.25, 0.3) is 5.91 Å². The minimum atomic E-state index is -0.236. The van der Waals surface area contributed by atoms with Crippen molar-refractivity contribution in [1.82, 2.24) is 9.88 Å². The summed E-state index contributed by atoms with van der Waals surface area (Å²) >= 11 is 6.47. The van der Waals surface area contributed by atoms with Gasteiger partial charge in [-0.3, -0.25) is 4.79 Å². The van der Waals surface area contributed by atoms with E-state index in [0.717, 1.165) is 25.9 Å². The molecule has 0 bridgehead atoms. The van der Waals surface area contributed by atoms with Crippen LogP contribution in [0.15, 0.2) is 36.5 Å². The van der Waals surface area contributed by atoms with E-state index in [1.807, 2.05) is 6.07 Å². The molecule has 0 atom stereocenters. The molecule has 0 aliphatic carbocycles. The number of para-hydroxylation sites is 1. The lowest BCUT2D eigenvalue weighted by molar-refractivity contribution is 0.0302. The summed E-state index contributed by atoms with van der Waals surface area (Å²) in [4.78, 5) is 21.0. The smallest absolute Gasteiger partial charge is 0.255 e. The molecule has 2 aromatic rings. The Labute approximate surface area is 174 Å². The third-order valence-electron chi connectivity index (χ3n) is 5.39. The summed E-state index contributed by atoms with van der Waals surface area (Å²) in [5, 5.41) is 3.76. The molecule has 3 heterocycles. The maximum Gasteiger partial charge on any atom is 0.255 e. The Morgan fingerprint density at radius 1 is 1.17 bits per heavy atom. The number of piperidine rings is 1. The van der Waals surface area contributed by atoms with Crippen LogP contribution in [-0.2, 0) is 4.74 Å². The molecule has 29 heavy (non-hydrogen) atoms. The van der Waals surface area contributed by atoms with Crippen LogP contribution < -0.4 is 10.2 Å². The molecule has 2 aliphatic heterocycles. The molecule has 0 spiro atoms. The van der Waals surface area contributed by atoms with Crippen molar-refractivity contribution in [3.05, 3.63) is 52.9 Å². The van der Waals surface area contributed by atoms with Crippen molar-refractivity contribution < 1.29 is 13.9 Å². The van der Waals surface area contributed by atoms with E-state index in [0.29, 0.717) is 48.4 Å². The monoisotopic (exact) mass is 418 g/mol. The van der Waals surface area contributed by atoms with Crippen LogP contribution >= 0.6 is 11.6 Å². The standard InChI is InChI=1S/C21H24ClFN4O2/c22-17-13-15(21(28)27-9-11-29-12-10-27)14-24-20(17)26-7-5-16(6-8-26)25-19-4-2-1-3-18(19)23/h1-4,13-14,16,25H,5-12H2. The number of hydrogen-bond donors (Lipinski definition) is 1. The van der Waals surface area contributed by atoms with E-state index in [-0.39, 0.29) is 17.8 Å². The minimum Gasteiger partial charge on any atom is -0.380 e. The quantitative estimate of drug-likeness (QED) is 0.824. The fourth-order valence-electron chi connectivity index (χ4n) is 3.76. The molecule has 1 N–H and O–H groups in total. The van der Waals surface area contributed by atoms with Crippen molar-refractivity contribution in [3.8, 4) is 0 Å². The first-order valence-corrected chi connectivity index (χ1v) is 10.3. The second-order valence-corrected chi connectivity index (χ2v) is 7.73. The number of carbonyl (C=O) groups excluding carboxylic acids is 1. The summed E-state index contributed by atoms with van der Waals surface area (Å²) in [6.07, 6.45) is 3.30. The van der Waals surface area contributed by atoms with Crippen molar-refractivity contribution in [2.45, 2.75) is 18.9 Å². The number of anilines is 2. The van der Waals surface area contributed by atoms with Crippen molar-refractivity contribution in [2.75, 3.05) is 49.6 Å². The zero-order chi connectivity index (χ0) is 20.2. The van der Waals surface area contributed by atoms with Crippen LogP contribution in [0, 0.1) is 5.82 Å². The van der Waals surface area contributed by atoms with Crippen LogP contribution in [0.1, 0.15) is 23.2 Å². The van der Waals surface area contributed by atoms with Gasteiger partial charge in [0.05, 0.1) is 29.5 Å². The molecule has 0 saturated carbocycles. The predicted molar refractivity (Wildman–Crippen MR) is 111 cm³/mol. The molecular weight excluding hydrogens is 395 g/mol. The largest absolute Gasteiger partial charge is 0.380 e. The van der Waals surface area contributed by atoms with Crippen molar-refractivity contribution in [2.24, 2.45) is 0 Å². The molecule has 0 unspecified atom stereocenters. The molecule has 0 radical (unpaired) electrons. The van der Waals surface area contributed by atoms with Gasteiger partial charge in [0, 0.05) is 38.4 Å². The molecule has 1 amide bonds. The van der Waals surface area contributed by atoms with E-state index in [1.165, 1.54) is 6.07 Å². The second kappa shape index (κ2) is 8.97. The number of aromatic nitrogens is 1. The number of morpholine rings is 1. The number of rotatable bonds is 4. The van der Waals surface area contributed by atoms with Crippen molar-refractivity contribution in [1.29, 1.82) is 0 Å². The number of hydrogen-bond acceptors (Lipinski definition) is 5. The highest BCUT2D eigenvalue weighted by Gasteiger charge is 2.24. The third-order valence-corrected chi connectivity index (χ3v) is 5.67. The van der Waals surface area contributed by atoms with E-state index in [1.54, 1.807) is 29.3 Å². The number of pyridine rings is 1. The zero-order valence-electron chi connectivity index (χ0n) is 16.1. The summed E-state index contributed by atoms with van der Waals surface area (Å²) in [6, 6.07) is 8.62. The molecule has 154 valence electrons. The first-order chi connectivity index (χ1) is 14.1. The van der Waals surface area contributed by atoms with Gasteiger partial charge in [0.2, 0.25) is 0 Å².